The Labute approximate surface area is 110 Å². The summed E-state index contributed by atoms with van der Waals surface area (Å²) in [5.41, 5.74) is 0. The Kier molecular flexibility index (Phi) is 13.6. The van der Waals surface area contributed by atoms with E-state index in [-0.39, 0.29) is 19.8 Å². The molecular formula is C13H15ClTe. The summed E-state index contributed by atoms with van der Waals surface area (Å²) in [5, 5.41) is 0. The smallest absolute Gasteiger partial charge is 0.0312 e. The molecule has 0 N–H and O–H groups in total. The van der Waals surface area contributed by atoms with Gasteiger partial charge in [0.2, 0.25) is 0 Å². The minimum Gasteiger partial charge on any atom is -0.0312 e. The molecule has 0 aromatic rings. The fraction of sp³-hybridized carbons (Fsp3) is 0.0769. The van der Waals surface area contributed by atoms with Gasteiger partial charge in [-0.05, 0) is 64.2 Å². The van der Waals surface area contributed by atoms with Crippen LogP contribution in [0.4, 0.5) is 0 Å². The normalized spacial score (nSPS) is 18.5. The Hall–Kier alpha value is 0.820. The summed E-state index contributed by atoms with van der Waals surface area (Å²) in [6.07, 6.45) is 20.0. The van der Waals surface area contributed by atoms with Gasteiger partial charge in [0.15, 0.2) is 0 Å². The van der Waals surface area contributed by atoms with E-state index in [4.69, 9.17) is 8.96 Å². The number of halogens is 1. The Morgan fingerprint density at radius 1 is 0.800 bits per heavy atom. The first-order valence-electron chi connectivity index (χ1n) is 4.55. The molecule has 0 saturated heterocycles. The summed E-state index contributed by atoms with van der Waals surface area (Å²) in [6, 6.07) is 0. The van der Waals surface area contributed by atoms with Gasteiger partial charge >= 0.3 is 45.9 Å². The van der Waals surface area contributed by atoms with Crippen molar-refractivity contribution >= 4 is 28.8 Å². The SMILES string of the molecule is C=C(C)[Te]Cl.[CH]1[CH][CH][CH][CH]1.[CH]1[CH][CH][CH][CH]1. The van der Waals surface area contributed by atoms with E-state index in [0.29, 0.717) is 0 Å². The molecule has 2 aliphatic rings. The van der Waals surface area contributed by atoms with Gasteiger partial charge in [-0.25, -0.2) is 0 Å². The zero-order valence-electron chi connectivity index (χ0n) is 8.77. The van der Waals surface area contributed by atoms with Gasteiger partial charge in [-0.3, -0.25) is 0 Å². The third kappa shape index (κ3) is 14.8. The summed E-state index contributed by atoms with van der Waals surface area (Å²) >= 11 is -0.312. The maximum Gasteiger partial charge on any atom is -0.0312 e. The molecule has 0 bridgehead atoms. The van der Waals surface area contributed by atoms with Crippen LogP contribution in [0.5, 0.6) is 0 Å². The predicted molar refractivity (Wildman–Crippen MR) is 69.4 cm³/mol. The van der Waals surface area contributed by atoms with Gasteiger partial charge in [-0.15, -0.1) is 0 Å². The maximum atomic E-state index is 5.37. The molecule has 0 nitrogen and oxygen atoms in total. The Morgan fingerprint density at radius 2 is 0.933 bits per heavy atom. The molecule has 2 saturated carbocycles. The molecule has 2 fully saturated rings. The van der Waals surface area contributed by atoms with Gasteiger partial charge in [0.1, 0.15) is 0 Å². The van der Waals surface area contributed by atoms with Crippen molar-refractivity contribution in [3.63, 3.8) is 0 Å². The van der Waals surface area contributed by atoms with Crippen molar-refractivity contribution in [1.29, 1.82) is 0 Å². The van der Waals surface area contributed by atoms with E-state index in [1.54, 1.807) is 0 Å². The van der Waals surface area contributed by atoms with Crippen molar-refractivity contribution in [1.82, 2.24) is 0 Å². The molecule has 15 heavy (non-hydrogen) atoms. The van der Waals surface area contributed by atoms with Gasteiger partial charge in [0.25, 0.3) is 0 Å². The van der Waals surface area contributed by atoms with E-state index in [9.17, 15) is 0 Å². The van der Waals surface area contributed by atoms with Gasteiger partial charge < -0.3 is 0 Å². The molecule has 80 valence electrons. The zero-order chi connectivity index (χ0) is 11.4. The van der Waals surface area contributed by atoms with E-state index in [1.165, 1.54) is 0 Å². The summed E-state index contributed by atoms with van der Waals surface area (Å²) in [7, 11) is 5.37. The van der Waals surface area contributed by atoms with Crippen LogP contribution >= 0.6 is 8.96 Å². The third-order valence-electron chi connectivity index (χ3n) is 1.24. The van der Waals surface area contributed by atoms with E-state index < -0.39 is 0 Å². The minimum absolute atomic E-state index is 0.312. The molecule has 2 aliphatic carbocycles. The maximum absolute atomic E-state index is 5.37. The molecular weight excluding hydrogens is 319 g/mol. The first-order chi connectivity index (χ1) is 7.27. The first kappa shape index (κ1) is 15.8. The van der Waals surface area contributed by atoms with Gasteiger partial charge in [-0.1, -0.05) is 0 Å². The Bertz CT molecular complexity index is 112. The average molecular weight is 334 g/mol. The van der Waals surface area contributed by atoms with E-state index in [1.807, 2.05) is 71.1 Å². The van der Waals surface area contributed by atoms with Crippen LogP contribution in [0.3, 0.4) is 0 Å². The second-order valence-electron chi connectivity index (χ2n) is 2.70. The van der Waals surface area contributed by atoms with Crippen LogP contribution in [0.2, 0.25) is 0 Å². The molecule has 2 rings (SSSR count). The molecule has 0 atom stereocenters. The monoisotopic (exact) mass is 336 g/mol. The molecule has 0 aromatic carbocycles. The number of hydrogen-bond donors (Lipinski definition) is 0. The summed E-state index contributed by atoms with van der Waals surface area (Å²) in [6.45, 7) is 5.55. The van der Waals surface area contributed by atoms with Crippen LogP contribution in [0.15, 0.2) is 10.2 Å². The summed E-state index contributed by atoms with van der Waals surface area (Å²) in [5.74, 6) is 0. The van der Waals surface area contributed by atoms with Crippen LogP contribution in [0.1, 0.15) is 6.92 Å². The van der Waals surface area contributed by atoms with Gasteiger partial charge in [0.05, 0.1) is 0 Å². The molecule has 10 radical (unpaired) electrons. The minimum atomic E-state index is -0.312. The standard InChI is InChI=1S/2C5H5.C3H5ClTe/c2*1-2-4-5-3-1;1-3(2)5-4/h2*1-5H;1H2,2H3. The van der Waals surface area contributed by atoms with Gasteiger partial charge in [0, 0.05) is 0 Å². The molecule has 0 heterocycles. The van der Waals surface area contributed by atoms with Crippen molar-refractivity contribution < 1.29 is 0 Å². The number of allylic oxidation sites excluding steroid dienone is 1. The number of hydrogen-bond acceptors (Lipinski definition) is 0. The van der Waals surface area contributed by atoms with Crippen molar-refractivity contribution in [2.45, 2.75) is 6.92 Å². The van der Waals surface area contributed by atoms with E-state index >= 15 is 0 Å². The van der Waals surface area contributed by atoms with Crippen LogP contribution in [0.25, 0.3) is 0 Å². The second kappa shape index (κ2) is 12.9. The average Bonchev–Trinajstić information content (AvgIpc) is 2.96. The van der Waals surface area contributed by atoms with Crippen molar-refractivity contribution in [3.05, 3.63) is 74.4 Å². The first-order valence-corrected chi connectivity index (χ1v) is 8.66. The topological polar surface area (TPSA) is 0 Å². The van der Waals surface area contributed by atoms with Crippen molar-refractivity contribution in [3.8, 4) is 0 Å². The fourth-order valence-corrected chi connectivity index (χ4v) is 0.642. The van der Waals surface area contributed by atoms with Gasteiger partial charge in [-0.2, -0.15) is 0 Å². The summed E-state index contributed by atoms with van der Waals surface area (Å²) < 4.78 is 1.15. The molecule has 0 amide bonds. The van der Waals surface area contributed by atoms with Crippen LogP contribution in [0, 0.1) is 64.2 Å². The molecule has 0 unspecified atom stereocenters. The predicted octanol–water partition coefficient (Wildman–Crippen LogP) is 3.42. The molecule has 0 spiro atoms. The molecule has 0 aliphatic heterocycles. The molecule has 2 heteroatoms. The quantitative estimate of drug-likeness (QED) is 0.645. The van der Waals surface area contributed by atoms with Crippen molar-refractivity contribution in [2.24, 2.45) is 0 Å². The third-order valence-corrected chi connectivity index (χ3v) is 3.76. The van der Waals surface area contributed by atoms with Crippen LogP contribution in [-0.4, -0.2) is 19.8 Å². The zero-order valence-corrected chi connectivity index (χ0v) is 11.9. The van der Waals surface area contributed by atoms with Crippen molar-refractivity contribution in [2.75, 3.05) is 0 Å². The Morgan fingerprint density at radius 3 is 1.00 bits per heavy atom. The Balaban J connectivity index is 0.000000196. The van der Waals surface area contributed by atoms with E-state index in [2.05, 4.69) is 6.58 Å². The van der Waals surface area contributed by atoms with Crippen LogP contribution < -0.4 is 0 Å². The second-order valence-corrected chi connectivity index (χ2v) is 6.17. The fourth-order valence-electron chi connectivity index (χ4n) is 0.642. The largest absolute Gasteiger partial charge is 0.0312 e. The molecule has 0 aromatic heterocycles. The number of rotatable bonds is 1. The summed E-state index contributed by atoms with van der Waals surface area (Å²) in [4.78, 5) is 0. The van der Waals surface area contributed by atoms with Crippen LogP contribution in [-0.2, 0) is 0 Å². The van der Waals surface area contributed by atoms with E-state index in [0.717, 1.165) is 3.62 Å².